The smallest absolute Gasteiger partial charge is 0.260 e. The Hall–Kier alpha value is -2.35. The van der Waals surface area contributed by atoms with E-state index in [1.54, 1.807) is 6.92 Å². The van der Waals surface area contributed by atoms with Crippen LogP contribution in [0.2, 0.25) is 0 Å². The lowest BCUT2D eigenvalue weighted by Crippen LogP contribution is -2.57. The van der Waals surface area contributed by atoms with Crippen LogP contribution in [0.4, 0.5) is 8.78 Å². The first-order valence-corrected chi connectivity index (χ1v) is 7.73. The van der Waals surface area contributed by atoms with Gasteiger partial charge in [-0.2, -0.15) is 4.98 Å². The van der Waals surface area contributed by atoms with Gasteiger partial charge in [-0.15, -0.1) is 0 Å². The Morgan fingerprint density at radius 3 is 2.92 bits per heavy atom. The maximum Gasteiger partial charge on any atom is 0.260 e. The second kappa shape index (κ2) is 6.27. The molecule has 0 unspecified atom stereocenters. The van der Waals surface area contributed by atoms with Gasteiger partial charge in [0.05, 0.1) is 17.6 Å². The molecule has 8 heteroatoms. The largest absolute Gasteiger partial charge is 0.368 e. The summed E-state index contributed by atoms with van der Waals surface area (Å²) in [6.07, 6.45) is 2.54. The summed E-state index contributed by atoms with van der Waals surface area (Å²) in [5.74, 6) is -1.55. The van der Waals surface area contributed by atoms with Gasteiger partial charge in [0.2, 0.25) is 5.91 Å². The molecule has 128 valence electrons. The summed E-state index contributed by atoms with van der Waals surface area (Å²) in [6.45, 7) is 2.76. The van der Waals surface area contributed by atoms with E-state index in [4.69, 9.17) is 10.3 Å². The van der Waals surface area contributed by atoms with Crippen molar-refractivity contribution in [3.8, 4) is 11.5 Å². The first-order chi connectivity index (χ1) is 11.4. The summed E-state index contributed by atoms with van der Waals surface area (Å²) >= 11 is 0. The van der Waals surface area contributed by atoms with Crippen molar-refractivity contribution in [2.45, 2.75) is 38.3 Å². The number of primary amides is 1. The van der Waals surface area contributed by atoms with E-state index in [0.717, 1.165) is 25.0 Å². The van der Waals surface area contributed by atoms with Crippen LogP contribution in [0, 0.1) is 11.6 Å². The molecule has 1 aromatic heterocycles. The number of hydrogen-bond acceptors (Lipinski definition) is 5. The predicted octanol–water partition coefficient (Wildman–Crippen LogP) is 2.24. The fraction of sp³-hybridized carbons (Fsp3) is 0.438. The van der Waals surface area contributed by atoms with E-state index in [1.807, 2.05) is 4.90 Å². The third kappa shape index (κ3) is 3.01. The molecule has 0 spiro atoms. The number of piperidine rings is 1. The lowest BCUT2D eigenvalue weighted by molar-refractivity contribution is -0.132. The first kappa shape index (κ1) is 16.5. The molecule has 3 rings (SSSR count). The van der Waals surface area contributed by atoms with Gasteiger partial charge in [0.15, 0.2) is 5.82 Å². The molecule has 2 aromatic rings. The SMILES string of the molecule is C[C@]1(C(N)=O)CCCCN1Cc1noc(-c2ccc(F)cc2F)n1. The number of nitrogens with zero attached hydrogens (tertiary/aromatic N) is 3. The monoisotopic (exact) mass is 336 g/mol. The highest BCUT2D eigenvalue weighted by Gasteiger charge is 2.40. The van der Waals surface area contributed by atoms with Gasteiger partial charge in [-0.05, 0) is 44.9 Å². The maximum absolute atomic E-state index is 13.8. The number of likely N-dealkylation sites (tertiary alicyclic amines) is 1. The number of hydrogen-bond donors (Lipinski definition) is 1. The molecule has 0 saturated carbocycles. The Kier molecular flexibility index (Phi) is 4.31. The number of benzene rings is 1. The molecule has 6 nitrogen and oxygen atoms in total. The molecule has 1 aromatic carbocycles. The van der Waals surface area contributed by atoms with E-state index >= 15 is 0 Å². The van der Waals surface area contributed by atoms with Crippen LogP contribution in [0.1, 0.15) is 32.0 Å². The normalized spacial score (nSPS) is 21.8. The van der Waals surface area contributed by atoms with Gasteiger partial charge < -0.3 is 10.3 Å². The van der Waals surface area contributed by atoms with Gasteiger partial charge in [0.25, 0.3) is 5.89 Å². The fourth-order valence-corrected chi connectivity index (χ4v) is 2.97. The van der Waals surface area contributed by atoms with E-state index in [0.29, 0.717) is 18.8 Å². The standard InChI is InChI=1S/C16H18F2N4O2/c1-16(15(19)23)6-2-3-7-22(16)9-13-20-14(24-21-13)11-5-4-10(17)8-12(11)18/h4-5,8H,2-3,6-7,9H2,1H3,(H2,19,23)/t16-/m1/s1. The Morgan fingerprint density at radius 1 is 1.42 bits per heavy atom. The minimum Gasteiger partial charge on any atom is -0.368 e. The lowest BCUT2D eigenvalue weighted by Gasteiger charge is -2.41. The van der Waals surface area contributed by atoms with Gasteiger partial charge in [0.1, 0.15) is 11.6 Å². The summed E-state index contributed by atoms with van der Waals surface area (Å²) in [7, 11) is 0. The van der Waals surface area contributed by atoms with Gasteiger partial charge in [-0.1, -0.05) is 5.16 Å². The van der Waals surface area contributed by atoms with Gasteiger partial charge >= 0.3 is 0 Å². The van der Waals surface area contributed by atoms with Crippen molar-refractivity contribution in [1.29, 1.82) is 0 Å². The van der Waals surface area contributed by atoms with Crippen LogP contribution in [0.15, 0.2) is 22.7 Å². The Bertz CT molecular complexity index is 764. The van der Waals surface area contributed by atoms with Gasteiger partial charge in [-0.25, -0.2) is 8.78 Å². The molecular formula is C16H18F2N4O2. The van der Waals surface area contributed by atoms with E-state index in [2.05, 4.69) is 10.1 Å². The van der Waals surface area contributed by atoms with Gasteiger partial charge in [0, 0.05) is 6.07 Å². The molecule has 1 fully saturated rings. The number of aromatic nitrogens is 2. The zero-order chi connectivity index (χ0) is 17.3. The molecule has 24 heavy (non-hydrogen) atoms. The van der Waals surface area contributed by atoms with Gasteiger partial charge in [-0.3, -0.25) is 9.69 Å². The number of nitrogens with two attached hydrogens (primary N) is 1. The Balaban J connectivity index is 1.82. The van der Waals surface area contributed by atoms with Crippen LogP contribution in [0.5, 0.6) is 0 Å². The van der Waals surface area contributed by atoms with Crippen molar-refractivity contribution >= 4 is 5.91 Å². The molecule has 0 bridgehead atoms. The van der Waals surface area contributed by atoms with Crippen molar-refractivity contribution in [2.24, 2.45) is 5.73 Å². The molecule has 1 aliphatic heterocycles. The average molecular weight is 336 g/mol. The molecule has 1 saturated heterocycles. The van der Waals surface area contributed by atoms with Crippen molar-refractivity contribution in [3.63, 3.8) is 0 Å². The van der Waals surface area contributed by atoms with Crippen molar-refractivity contribution in [2.75, 3.05) is 6.54 Å². The van der Waals surface area contributed by atoms with Crippen LogP contribution < -0.4 is 5.73 Å². The minimum atomic E-state index is -0.773. The molecule has 1 amide bonds. The highest BCUT2D eigenvalue weighted by molar-refractivity contribution is 5.84. The highest BCUT2D eigenvalue weighted by Crippen LogP contribution is 2.29. The fourth-order valence-electron chi connectivity index (χ4n) is 2.97. The zero-order valence-corrected chi connectivity index (χ0v) is 13.3. The average Bonchev–Trinajstić information content (AvgIpc) is 2.98. The zero-order valence-electron chi connectivity index (χ0n) is 13.3. The summed E-state index contributed by atoms with van der Waals surface area (Å²) in [5, 5.41) is 3.83. The van der Waals surface area contributed by atoms with Crippen molar-refractivity contribution in [1.82, 2.24) is 15.0 Å². The molecule has 2 N–H and O–H groups in total. The second-order valence-electron chi connectivity index (χ2n) is 6.16. The van der Waals surface area contributed by atoms with Crippen molar-refractivity contribution < 1.29 is 18.1 Å². The number of carbonyl (C=O) groups excluding carboxylic acids is 1. The lowest BCUT2D eigenvalue weighted by atomic mass is 9.88. The third-order valence-corrected chi connectivity index (χ3v) is 4.53. The highest BCUT2D eigenvalue weighted by atomic mass is 19.1. The number of amides is 1. The van der Waals surface area contributed by atoms with Crippen LogP contribution in [-0.4, -0.2) is 33.0 Å². The second-order valence-corrected chi connectivity index (χ2v) is 6.16. The quantitative estimate of drug-likeness (QED) is 0.925. The van der Waals surface area contributed by atoms with E-state index in [-0.39, 0.29) is 18.0 Å². The first-order valence-electron chi connectivity index (χ1n) is 7.73. The molecule has 0 radical (unpaired) electrons. The Morgan fingerprint density at radius 2 is 2.21 bits per heavy atom. The summed E-state index contributed by atoms with van der Waals surface area (Å²) in [4.78, 5) is 17.9. The minimum absolute atomic E-state index is 0.0275. The van der Waals surface area contributed by atoms with Crippen molar-refractivity contribution in [3.05, 3.63) is 35.7 Å². The number of halogens is 2. The molecular weight excluding hydrogens is 318 g/mol. The van der Waals surface area contributed by atoms with Crippen LogP contribution in [0.25, 0.3) is 11.5 Å². The number of rotatable bonds is 4. The van der Waals surface area contributed by atoms with Crippen LogP contribution in [-0.2, 0) is 11.3 Å². The Labute approximate surface area is 137 Å². The molecule has 1 aliphatic rings. The van der Waals surface area contributed by atoms with Crippen LogP contribution >= 0.6 is 0 Å². The molecule has 1 atom stereocenters. The summed E-state index contributed by atoms with van der Waals surface area (Å²) in [5.41, 5.74) is 4.82. The van der Waals surface area contributed by atoms with E-state index in [9.17, 15) is 13.6 Å². The van der Waals surface area contributed by atoms with Crippen LogP contribution in [0.3, 0.4) is 0 Å². The predicted molar refractivity (Wildman–Crippen MR) is 81.5 cm³/mol. The molecule has 2 heterocycles. The molecule has 0 aliphatic carbocycles. The number of carbonyl (C=O) groups is 1. The van der Waals surface area contributed by atoms with E-state index < -0.39 is 23.1 Å². The summed E-state index contributed by atoms with van der Waals surface area (Å²) in [6, 6.07) is 3.13. The maximum atomic E-state index is 13.8. The van der Waals surface area contributed by atoms with E-state index in [1.165, 1.54) is 6.07 Å². The third-order valence-electron chi connectivity index (χ3n) is 4.53. The summed E-state index contributed by atoms with van der Waals surface area (Å²) < 4.78 is 31.9. The topological polar surface area (TPSA) is 85.3 Å².